The molecule has 1 aliphatic heterocycles. The SMILES string of the molecule is C=CC(=O)N1CCC(C(=O)Nc2ncnc3c(C)csc23)CC1. The number of aryl methyl sites for hydroxylation is 1. The van der Waals surface area contributed by atoms with E-state index in [0.717, 1.165) is 15.8 Å². The summed E-state index contributed by atoms with van der Waals surface area (Å²) >= 11 is 1.53. The Balaban J connectivity index is 1.68. The Morgan fingerprint density at radius 1 is 1.39 bits per heavy atom. The summed E-state index contributed by atoms with van der Waals surface area (Å²) in [5.74, 6) is 0.356. The van der Waals surface area contributed by atoms with E-state index >= 15 is 0 Å². The maximum absolute atomic E-state index is 12.5. The molecule has 1 fully saturated rings. The zero-order chi connectivity index (χ0) is 16.4. The molecule has 1 aliphatic rings. The van der Waals surface area contributed by atoms with Crippen molar-refractivity contribution in [1.29, 1.82) is 0 Å². The van der Waals surface area contributed by atoms with Crippen LogP contribution in [0.2, 0.25) is 0 Å². The molecule has 1 saturated heterocycles. The fourth-order valence-corrected chi connectivity index (χ4v) is 3.72. The maximum atomic E-state index is 12.5. The van der Waals surface area contributed by atoms with Crippen molar-refractivity contribution in [2.75, 3.05) is 18.4 Å². The summed E-state index contributed by atoms with van der Waals surface area (Å²) in [6.07, 6.45) is 4.10. The lowest BCUT2D eigenvalue weighted by molar-refractivity contribution is -0.130. The van der Waals surface area contributed by atoms with Gasteiger partial charge in [0, 0.05) is 19.0 Å². The molecule has 0 aliphatic carbocycles. The van der Waals surface area contributed by atoms with Gasteiger partial charge in [-0.2, -0.15) is 0 Å². The van der Waals surface area contributed by atoms with Gasteiger partial charge < -0.3 is 10.2 Å². The van der Waals surface area contributed by atoms with Crippen LogP contribution in [0.1, 0.15) is 18.4 Å². The molecule has 0 unspecified atom stereocenters. The van der Waals surface area contributed by atoms with E-state index in [-0.39, 0.29) is 17.7 Å². The van der Waals surface area contributed by atoms with E-state index in [2.05, 4.69) is 21.9 Å². The average molecular weight is 330 g/mol. The van der Waals surface area contributed by atoms with E-state index in [4.69, 9.17) is 0 Å². The Hall–Kier alpha value is -2.28. The number of likely N-dealkylation sites (tertiary alicyclic amines) is 1. The highest BCUT2D eigenvalue weighted by Crippen LogP contribution is 2.29. The first-order valence-electron chi connectivity index (χ1n) is 7.51. The quantitative estimate of drug-likeness (QED) is 0.877. The topological polar surface area (TPSA) is 75.2 Å². The summed E-state index contributed by atoms with van der Waals surface area (Å²) in [6.45, 7) is 6.65. The number of piperidine rings is 1. The van der Waals surface area contributed by atoms with E-state index in [0.29, 0.717) is 31.7 Å². The van der Waals surface area contributed by atoms with Crippen LogP contribution in [-0.2, 0) is 9.59 Å². The van der Waals surface area contributed by atoms with Crippen LogP contribution < -0.4 is 5.32 Å². The van der Waals surface area contributed by atoms with Gasteiger partial charge in [0.2, 0.25) is 11.8 Å². The van der Waals surface area contributed by atoms with Crippen molar-refractivity contribution in [3.05, 3.63) is 29.9 Å². The third-order valence-corrected chi connectivity index (χ3v) is 5.22. The number of nitrogens with one attached hydrogen (secondary N) is 1. The highest BCUT2D eigenvalue weighted by molar-refractivity contribution is 7.18. The first kappa shape index (κ1) is 15.6. The van der Waals surface area contributed by atoms with Crippen molar-refractivity contribution in [3.8, 4) is 0 Å². The van der Waals surface area contributed by atoms with Gasteiger partial charge in [-0.25, -0.2) is 9.97 Å². The number of nitrogens with zero attached hydrogens (tertiary/aromatic N) is 3. The summed E-state index contributed by atoms with van der Waals surface area (Å²) in [4.78, 5) is 34.2. The molecule has 0 saturated carbocycles. The number of carbonyl (C=O) groups is 2. The average Bonchev–Trinajstić information content (AvgIpc) is 2.97. The summed E-state index contributed by atoms with van der Waals surface area (Å²) in [5, 5.41) is 4.93. The van der Waals surface area contributed by atoms with Crippen LogP contribution in [0.15, 0.2) is 24.4 Å². The molecule has 2 aromatic heterocycles. The molecule has 120 valence electrons. The highest BCUT2D eigenvalue weighted by atomic mass is 32.1. The number of hydrogen-bond acceptors (Lipinski definition) is 5. The lowest BCUT2D eigenvalue weighted by Gasteiger charge is -2.30. The first-order chi connectivity index (χ1) is 11.1. The molecule has 0 spiro atoms. The second kappa shape index (κ2) is 6.45. The number of carbonyl (C=O) groups excluding carboxylic acids is 2. The Kier molecular flexibility index (Phi) is 4.38. The van der Waals surface area contributed by atoms with Crippen molar-refractivity contribution in [2.24, 2.45) is 5.92 Å². The number of fused-ring (bicyclic) bond motifs is 1. The van der Waals surface area contributed by atoms with Gasteiger partial charge in [-0.1, -0.05) is 6.58 Å². The van der Waals surface area contributed by atoms with Gasteiger partial charge in [0.1, 0.15) is 6.33 Å². The molecule has 3 heterocycles. The molecule has 2 aromatic rings. The predicted octanol–water partition coefficient (Wildman–Crippen LogP) is 2.36. The van der Waals surface area contributed by atoms with Crippen LogP contribution in [0, 0.1) is 12.8 Å². The number of anilines is 1. The molecule has 3 rings (SSSR count). The number of aromatic nitrogens is 2. The Morgan fingerprint density at radius 2 is 2.13 bits per heavy atom. The molecular formula is C16H18N4O2S. The fraction of sp³-hybridized carbons (Fsp3) is 0.375. The third-order valence-electron chi connectivity index (χ3n) is 4.12. The normalized spacial score (nSPS) is 15.6. The molecule has 23 heavy (non-hydrogen) atoms. The standard InChI is InChI=1S/C16H18N4O2S/c1-3-12(21)20-6-4-11(5-7-20)16(22)19-15-14-13(17-9-18-15)10(2)8-23-14/h3,8-9,11H,1,4-7H2,2H3,(H,17,18,19,22). The Labute approximate surface area is 138 Å². The van der Waals surface area contributed by atoms with Crippen molar-refractivity contribution in [3.63, 3.8) is 0 Å². The van der Waals surface area contributed by atoms with Gasteiger partial charge in [-0.05, 0) is 36.8 Å². The number of rotatable bonds is 3. The predicted molar refractivity (Wildman–Crippen MR) is 90.3 cm³/mol. The van der Waals surface area contributed by atoms with E-state index in [1.807, 2.05) is 12.3 Å². The molecule has 7 heteroatoms. The van der Waals surface area contributed by atoms with E-state index in [1.165, 1.54) is 23.7 Å². The minimum atomic E-state index is -0.102. The minimum Gasteiger partial charge on any atom is -0.339 e. The number of thiophene rings is 1. The summed E-state index contributed by atoms with van der Waals surface area (Å²) < 4.78 is 0.901. The van der Waals surface area contributed by atoms with Gasteiger partial charge in [0.15, 0.2) is 5.82 Å². The second-order valence-electron chi connectivity index (χ2n) is 5.61. The molecule has 0 atom stereocenters. The van der Waals surface area contributed by atoms with Crippen LogP contribution in [0.5, 0.6) is 0 Å². The zero-order valence-electron chi connectivity index (χ0n) is 12.9. The first-order valence-corrected chi connectivity index (χ1v) is 8.39. The van der Waals surface area contributed by atoms with E-state index in [1.54, 1.807) is 4.90 Å². The molecular weight excluding hydrogens is 312 g/mol. The highest BCUT2D eigenvalue weighted by Gasteiger charge is 2.27. The summed E-state index contributed by atoms with van der Waals surface area (Å²) in [5.41, 5.74) is 1.96. The van der Waals surface area contributed by atoms with Crippen LogP contribution in [0.25, 0.3) is 10.2 Å². The molecule has 6 nitrogen and oxygen atoms in total. The summed E-state index contributed by atoms with van der Waals surface area (Å²) in [7, 11) is 0. The van der Waals surface area contributed by atoms with Crippen molar-refractivity contribution >= 4 is 39.2 Å². The number of amides is 2. The number of hydrogen-bond donors (Lipinski definition) is 1. The summed E-state index contributed by atoms with van der Waals surface area (Å²) in [6, 6.07) is 0. The smallest absolute Gasteiger partial charge is 0.245 e. The van der Waals surface area contributed by atoms with Crippen LogP contribution >= 0.6 is 11.3 Å². The molecule has 0 aromatic carbocycles. The lowest BCUT2D eigenvalue weighted by atomic mass is 9.96. The fourth-order valence-electron chi connectivity index (χ4n) is 2.77. The van der Waals surface area contributed by atoms with Gasteiger partial charge >= 0.3 is 0 Å². The van der Waals surface area contributed by atoms with E-state index < -0.39 is 0 Å². The molecule has 0 bridgehead atoms. The monoisotopic (exact) mass is 330 g/mol. The Bertz CT molecular complexity index is 763. The van der Waals surface area contributed by atoms with Crippen LogP contribution in [0.3, 0.4) is 0 Å². The van der Waals surface area contributed by atoms with Gasteiger partial charge in [-0.3, -0.25) is 9.59 Å². The van der Waals surface area contributed by atoms with Gasteiger partial charge in [-0.15, -0.1) is 11.3 Å². The Morgan fingerprint density at radius 3 is 2.83 bits per heavy atom. The zero-order valence-corrected chi connectivity index (χ0v) is 13.7. The molecule has 1 N–H and O–H groups in total. The largest absolute Gasteiger partial charge is 0.339 e. The van der Waals surface area contributed by atoms with Crippen LogP contribution in [-0.4, -0.2) is 39.8 Å². The maximum Gasteiger partial charge on any atom is 0.245 e. The minimum absolute atomic E-state index is 0.0400. The van der Waals surface area contributed by atoms with Gasteiger partial charge in [0.25, 0.3) is 0 Å². The second-order valence-corrected chi connectivity index (χ2v) is 6.49. The third kappa shape index (κ3) is 3.10. The molecule has 2 amide bonds. The van der Waals surface area contributed by atoms with E-state index in [9.17, 15) is 9.59 Å². The van der Waals surface area contributed by atoms with Crippen molar-refractivity contribution < 1.29 is 9.59 Å². The van der Waals surface area contributed by atoms with Gasteiger partial charge in [0.05, 0.1) is 10.2 Å². The van der Waals surface area contributed by atoms with Crippen LogP contribution in [0.4, 0.5) is 5.82 Å². The lowest BCUT2D eigenvalue weighted by Crippen LogP contribution is -2.40. The van der Waals surface area contributed by atoms with Crippen molar-refractivity contribution in [1.82, 2.24) is 14.9 Å². The van der Waals surface area contributed by atoms with Crippen molar-refractivity contribution in [2.45, 2.75) is 19.8 Å². The molecule has 0 radical (unpaired) electrons.